The van der Waals surface area contributed by atoms with Crippen molar-refractivity contribution >= 4 is 11.9 Å². The average molecular weight is 328 g/mol. The Morgan fingerprint density at radius 1 is 0.960 bits per heavy atom. The van der Waals surface area contributed by atoms with Crippen molar-refractivity contribution in [1.82, 2.24) is 9.97 Å². The summed E-state index contributed by atoms with van der Waals surface area (Å²) in [5.41, 5.74) is 4.08. The van der Waals surface area contributed by atoms with Crippen LogP contribution in [-0.4, -0.2) is 20.9 Å². The maximum atomic E-state index is 12.6. The molecule has 4 heteroatoms. The second-order valence-electron chi connectivity index (χ2n) is 6.05. The van der Waals surface area contributed by atoms with Gasteiger partial charge in [-0.3, -0.25) is 4.79 Å². The Morgan fingerprint density at radius 3 is 2.48 bits per heavy atom. The summed E-state index contributed by atoms with van der Waals surface area (Å²) in [5.74, 6) is 0.871. The summed E-state index contributed by atoms with van der Waals surface area (Å²) >= 11 is 0. The third kappa shape index (κ3) is 3.06. The van der Waals surface area contributed by atoms with Crippen molar-refractivity contribution in [2.24, 2.45) is 0 Å². The molecule has 1 aliphatic rings. The molecule has 1 N–H and O–H groups in total. The van der Waals surface area contributed by atoms with Crippen LogP contribution in [0.2, 0.25) is 0 Å². The first-order valence-electron chi connectivity index (χ1n) is 8.15. The predicted molar refractivity (Wildman–Crippen MR) is 96.2 cm³/mol. The number of nitrogens with zero attached hydrogens (tertiary/aromatic N) is 2. The van der Waals surface area contributed by atoms with E-state index in [1.54, 1.807) is 30.6 Å². The maximum absolute atomic E-state index is 12.6. The molecular formula is C21H16N2O2. The van der Waals surface area contributed by atoms with Crippen molar-refractivity contribution < 1.29 is 9.90 Å². The third-order valence-electron chi connectivity index (χ3n) is 4.33. The van der Waals surface area contributed by atoms with Crippen molar-refractivity contribution in [3.05, 3.63) is 83.2 Å². The van der Waals surface area contributed by atoms with Gasteiger partial charge in [0, 0.05) is 34.7 Å². The molecule has 0 unspecified atom stereocenters. The van der Waals surface area contributed by atoms with Crippen molar-refractivity contribution in [2.45, 2.75) is 12.8 Å². The lowest BCUT2D eigenvalue weighted by Crippen LogP contribution is -2.13. The average Bonchev–Trinajstić information content (AvgIpc) is 2.65. The predicted octanol–water partition coefficient (Wildman–Crippen LogP) is 4.06. The van der Waals surface area contributed by atoms with E-state index in [4.69, 9.17) is 0 Å². The number of phenols is 1. The van der Waals surface area contributed by atoms with Crippen LogP contribution in [0.5, 0.6) is 5.75 Å². The lowest BCUT2D eigenvalue weighted by molar-refractivity contribution is 0.102. The molecule has 4 nitrogen and oxygen atoms in total. The summed E-state index contributed by atoms with van der Waals surface area (Å²) in [6.45, 7) is 0. The van der Waals surface area contributed by atoms with Crippen molar-refractivity contribution in [1.29, 1.82) is 0 Å². The summed E-state index contributed by atoms with van der Waals surface area (Å²) in [6.07, 6.45) is 6.72. The van der Waals surface area contributed by atoms with Crippen LogP contribution in [0.25, 0.3) is 17.5 Å². The number of aryl methyl sites for hydroxylation is 1. The zero-order valence-electron chi connectivity index (χ0n) is 13.5. The molecule has 122 valence electrons. The summed E-state index contributed by atoms with van der Waals surface area (Å²) in [5, 5.41) is 9.55. The van der Waals surface area contributed by atoms with Gasteiger partial charge in [0.05, 0.1) is 0 Å². The topological polar surface area (TPSA) is 63.1 Å². The number of rotatable bonds is 2. The number of allylic oxidation sites excluding steroid dienone is 1. The van der Waals surface area contributed by atoms with Gasteiger partial charge in [0.15, 0.2) is 11.6 Å². The van der Waals surface area contributed by atoms with E-state index in [9.17, 15) is 9.90 Å². The fourth-order valence-corrected chi connectivity index (χ4v) is 3.05. The monoisotopic (exact) mass is 328 g/mol. The minimum Gasteiger partial charge on any atom is -0.508 e. The number of Topliss-reactive ketones (excluding diaryl/α,β-unsaturated/α-hetero) is 1. The number of hydrogen-bond acceptors (Lipinski definition) is 4. The molecule has 0 fully saturated rings. The molecule has 0 aliphatic heterocycles. The minimum absolute atomic E-state index is 0.00776. The van der Waals surface area contributed by atoms with Gasteiger partial charge in [-0.15, -0.1) is 0 Å². The van der Waals surface area contributed by atoms with Crippen LogP contribution >= 0.6 is 0 Å². The molecule has 4 rings (SSSR count). The lowest BCUT2D eigenvalue weighted by atomic mass is 9.86. The summed E-state index contributed by atoms with van der Waals surface area (Å²) in [7, 11) is 0. The fraction of sp³-hybridized carbons (Fsp3) is 0.0952. The van der Waals surface area contributed by atoms with Gasteiger partial charge in [-0.1, -0.05) is 30.3 Å². The normalized spacial score (nSPS) is 15.2. The molecule has 0 saturated carbocycles. The van der Waals surface area contributed by atoms with E-state index in [-0.39, 0.29) is 11.5 Å². The Bertz CT molecular complexity index is 961. The number of hydrogen-bond donors (Lipinski definition) is 1. The highest BCUT2D eigenvalue weighted by atomic mass is 16.3. The number of carbonyl (C=O) groups is 1. The van der Waals surface area contributed by atoms with E-state index in [0.29, 0.717) is 17.8 Å². The number of aromatic hydroxyl groups is 1. The van der Waals surface area contributed by atoms with E-state index in [1.165, 1.54) is 0 Å². The van der Waals surface area contributed by atoms with Gasteiger partial charge in [-0.05, 0) is 42.7 Å². The first kappa shape index (κ1) is 15.3. The van der Waals surface area contributed by atoms with Gasteiger partial charge in [-0.2, -0.15) is 0 Å². The van der Waals surface area contributed by atoms with Gasteiger partial charge in [0.1, 0.15) is 5.75 Å². The molecule has 1 aromatic heterocycles. The molecule has 0 spiro atoms. The van der Waals surface area contributed by atoms with Gasteiger partial charge in [0.2, 0.25) is 0 Å². The second-order valence-corrected chi connectivity index (χ2v) is 6.05. The minimum atomic E-state index is 0.00776. The van der Waals surface area contributed by atoms with Gasteiger partial charge < -0.3 is 5.11 Å². The first-order chi connectivity index (χ1) is 12.2. The molecular weight excluding hydrogens is 312 g/mol. The number of carbonyl (C=O) groups excluding carboxylic acids is 1. The molecule has 0 bridgehead atoms. The summed E-state index contributed by atoms with van der Waals surface area (Å²) in [6, 6.07) is 14.7. The van der Waals surface area contributed by atoms with E-state index in [0.717, 1.165) is 28.7 Å². The van der Waals surface area contributed by atoms with Crippen molar-refractivity contribution in [3.63, 3.8) is 0 Å². The van der Waals surface area contributed by atoms with Gasteiger partial charge in [-0.25, -0.2) is 9.97 Å². The van der Waals surface area contributed by atoms with E-state index in [1.807, 2.05) is 36.4 Å². The summed E-state index contributed by atoms with van der Waals surface area (Å²) in [4.78, 5) is 21.4. The molecule has 0 amide bonds. The molecule has 3 aromatic rings. The molecule has 0 radical (unpaired) electrons. The van der Waals surface area contributed by atoms with E-state index >= 15 is 0 Å². The third-order valence-corrected chi connectivity index (χ3v) is 4.33. The Kier molecular flexibility index (Phi) is 3.86. The van der Waals surface area contributed by atoms with Gasteiger partial charge >= 0.3 is 0 Å². The molecule has 1 aliphatic carbocycles. The van der Waals surface area contributed by atoms with Crippen LogP contribution in [0.4, 0.5) is 0 Å². The number of benzene rings is 2. The summed E-state index contributed by atoms with van der Waals surface area (Å²) < 4.78 is 0. The quantitative estimate of drug-likeness (QED) is 0.721. The number of fused-ring (bicyclic) bond motifs is 1. The van der Waals surface area contributed by atoms with Gasteiger partial charge in [0.25, 0.3) is 0 Å². The fourth-order valence-electron chi connectivity index (χ4n) is 3.05. The molecule has 2 aromatic carbocycles. The molecule has 0 atom stereocenters. The van der Waals surface area contributed by atoms with Crippen molar-refractivity contribution in [3.8, 4) is 17.1 Å². The largest absolute Gasteiger partial charge is 0.508 e. The van der Waals surface area contributed by atoms with Crippen molar-refractivity contribution in [2.75, 3.05) is 0 Å². The standard InChI is InChI=1S/C21H16N2O2/c24-18-8-9-19-16(11-18)6-7-17(20(19)25)10-14-12-22-21(23-13-14)15-4-2-1-3-5-15/h1-5,8-13,24H,6-7H2/b17-10-. The Hall–Kier alpha value is -3.27. The number of ketones is 1. The molecule has 0 saturated heterocycles. The highest BCUT2D eigenvalue weighted by Crippen LogP contribution is 2.29. The zero-order valence-corrected chi connectivity index (χ0v) is 13.5. The van der Waals surface area contributed by atoms with Crippen LogP contribution in [0.15, 0.2) is 66.5 Å². The first-order valence-corrected chi connectivity index (χ1v) is 8.15. The Balaban J connectivity index is 1.61. The maximum Gasteiger partial charge on any atom is 0.189 e. The Labute approximate surface area is 145 Å². The second kappa shape index (κ2) is 6.32. The van der Waals surface area contributed by atoms with Crippen LogP contribution < -0.4 is 0 Å². The number of phenolic OH excluding ortho intramolecular Hbond substituents is 1. The highest BCUT2D eigenvalue weighted by molar-refractivity contribution is 6.13. The number of aromatic nitrogens is 2. The smallest absolute Gasteiger partial charge is 0.189 e. The lowest BCUT2D eigenvalue weighted by Gasteiger charge is -2.17. The van der Waals surface area contributed by atoms with Crippen LogP contribution in [0.1, 0.15) is 27.9 Å². The van der Waals surface area contributed by atoms with Crippen LogP contribution in [0.3, 0.4) is 0 Å². The molecule has 25 heavy (non-hydrogen) atoms. The SMILES string of the molecule is O=C1/C(=C\c2cnc(-c3ccccc3)nc2)CCc2cc(O)ccc21. The zero-order chi connectivity index (χ0) is 17.2. The highest BCUT2D eigenvalue weighted by Gasteiger charge is 2.22. The van der Waals surface area contributed by atoms with Crippen LogP contribution in [-0.2, 0) is 6.42 Å². The van der Waals surface area contributed by atoms with E-state index < -0.39 is 0 Å². The Morgan fingerprint density at radius 2 is 1.72 bits per heavy atom. The van der Waals surface area contributed by atoms with Crippen LogP contribution in [0, 0.1) is 0 Å². The molecule has 1 heterocycles. The van der Waals surface area contributed by atoms with E-state index in [2.05, 4.69) is 9.97 Å².